The fourth-order valence-electron chi connectivity index (χ4n) is 3.05. The number of aromatic nitrogens is 1. The van der Waals surface area contributed by atoms with E-state index in [0.717, 1.165) is 5.56 Å². The Hall–Kier alpha value is -3.54. The zero-order chi connectivity index (χ0) is 21.2. The summed E-state index contributed by atoms with van der Waals surface area (Å²) in [7, 11) is 1.28. The van der Waals surface area contributed by atoms with Crippen molar-refractivity contribution >= 4 is 17.7 Å². The van der Waals surface area contributed by atoms with E-state index in [9.17, 15) is 9.59 Å². The molecule has 3 aromatic rings. The summed E-state index contributed by atoms with van der Waals surface area (Å²) in [6.07, 6.45) is -0.669. The predicted molar refractivity (Wildman–Crippen MR) is 113 cm³/mol. The number of ether oxygens (including phenoxy) is 2. The molecule has 0 radical (unpaired) electrons. The fraction of sp³-hybridized carbons (Fsp3) is 0.217. The quantitative estimate of drug-likeness (QED) is 0.502. The van der Waals surface area contributed by atoms with Crippen LogP contribution < -0.4 is 5.73 Å². The zero-order valence-electron chi connectivity index (χ0n) is 16.9. The molecule has 1 heterocycles. The first kappa shape index (κ1) is 20.2. The lowest BCUT2D eigenvalue weighted by atomic mass is 10.0. The van der Waals surface area contributed by atoms with Crippen molar-refractivity contribution in [2.24, 2.45) is 0 Å². The molecule has 0 unspecified atom stereocenters. The first-order valence-corrected chi connectivity index (χ1v) is 9.20. The van der Waals surface area contributed by atoms with E-state index in [1.165, 1.54) is 11.7 Å². The standard InChI is InChI=1S/C23H24N2O4/c1-23(2,3)29-22(27)25-19(16-11-8-12-17(24)13-16)14-18(20(25)21(26)28-4)15-9-6-5-7-10-15/h5-14H,24H2,1-4H3. The highest BCUT2D eigenvalue weighted by molar-refractivity contribution is 6.02. The summed E-state index contributed by atoms with van der Waals surface area (Å²) in [5.41, 5.74) is 8.37. The highest BCUT2D eigenvalue weighted by Crippen LogP contribution is 2.34. The van der Waals surface area contributed by atoms with Crippen molar-refractivity contribution in [3.05, 3.63) is 66.4 Å². The van der Waals surface area contributed by atoms with Crippen molar-refractivity contribution < 1.29 is 19.1 Å². The van der Waals surface area contributed by atoms with Crippen molar-refractivity contribution in [2.45, 2.75) is 26.4 Å². The fourth-order valence-corrected chi connectivity index (χ4v) is 3.05. The van der Waals surface area contributed by atoms with Crippen LogP contribution in [0.1, 0.15) is 31.3 Å². The van der Waals surface area contributed by atoms with E-state index in [4.69, 9.17) is 15.2 Å². The van der Waals surface area contributed by atoms with Crippen LogP contribution in [0.3, 0.4) is 0 Å². The van der Waals surface area contributed by atoms with Crippen molar-refractivity contribution in [3.63, 3.8) is 0 Å². The lowest BCUT2D eigenvalue weighted by Crippen LogP contribution is -2.29. The molecule has 0 atom stereocenters. The molecular weight excluding hydrogens is 368 g/mol. The number of hydrogen-bond acceptors (Lipinski definition) is 5. The van der Waals surface area contributed by atoms with E-state index in [1.807, 2.05) is 36.4 Å². The Balaban J connectivity index is 2.33. The third-order valence-corrected chi connectivity index (χ3v) is 4.22. The normalized spacial score (nSPS) is 11.2. The average Bonchev–Trinajstić information content (AvgIpc) is 3.07. The first-order valence-electron chi connectivity index (χ1n) is 9.20. The van der Waals surface area contributed by atoms with Crippen LogP contribution in [0.2, 0.25) is 0 Å². The van der Waals surface area contributed by atoms with E-state index in [2.05, 4.69) is 0 Å². The maximum atomic E-state index is 13.1. The van der Waals surface area contributed by atoms with E-state index in [0.29, 0.717) is 22.5 Å². The van der Waals surface area contributed by atoms with Crippen LogP contribution in [-0.2, 0) is 9.47 Å². The number of esters is 1. The maximum absolute atomic E-state index is 13.1. The van der Waals surface area contributed by atoms with Gasteiger partial charge in [0.15, 0.2) is 0 Å². The summed E-state index contributed by atoms with van der Waals surface area (Å²) in [6.45, 7) is 5.31. The van der Waals surface area contributed by atoms with Crippen LogP contribution >= 0.6 is 0 Å². The van der Waals surface area contributed by atoms with Gasteiger partial charge in [0, 0.05) is 16.8 Å². The molecule has 1 aromatic heterocycles. The monoisotopic (exact) mass is 392 g/mol. The molecule has 0 saturated heterocycles. The summed E-state index contributed by atoms with van der Waals surface area (Å²) >= 11 is 0. The lowest BCUT2D eigenvalue weighted by molar-refractivity contribution is 0.0486. The van der Waals surface area contributed by atoms with E-state index >= 15 is 0 Å². The highest BCUT2D eigenvalue weighted by Gasteiger charge is 2.30. The van der Waals surface area contributed by atoms with Crippen LogP contribution in [0.4, 0.5) is 10.5 Å². The smallest absolute Gasteiger partial charge is 0.419 e. The molecule has 0 aliphatic heterocycles. The van der Waals surface area contributed by atoms with Crippen LogP contribution in [0.15, 0.2) is 60.7 Å². The van der Waals surface area contributed by atoms with Gasteiger partial charge < -0.3 is 15.2 Å². The van der Waals surface area contributed by atoms with Gasteiger partial charge in [-0.2, -0.15) is 0 Å². The molecule has 150 valence electrons. The Morgan fingerprint density at radius 1 is 0.931 bits per heavy atom. The van der Waals surface area contributed by atoms with Gasteiger partial charge in [-0.1, -0.05) is 42.5 Å². The van der Waals surface area contributed by atoms with Gasteiger partial charge in [0.2, 0.25) is 0 Å². The zero-order valence-corrected chi connectivity index (χ0v) is 16.9. The van der Waals surface area contributed by atoms with Gasteiger partial charge in [0.1, 0.15) is 11.3 Å². The van der Waals surface area contributed by atoms with Gasteiger partial charge in [0.25, 0.3) is 0 Å². The number of benzene rings is 2. The lowest BCUT2D eigenvalue weighted by Gasteiger charge is -2.21. The van der Waals surface area contributed by atoms with Crippen molar-refractivity contribution in [3.8, 4) is 22.4 Å². The first-order chi connectivity index (χ1) is 13.7. The minimum Gasteiger partial charge on any atom is -0.464 e. The molecule has 2 aromatic carbocycles. The Bertz CT molecular complexity index is 1050. The minimum absolute atomic E-state index is 0.102. The van der Waals surface area contributed by atoms with Crippen LogP contribution in [0, 0.1) is 0 Å². The Morgan fingerprint density at radius 3 is 2.17 bits per heavy atom. The molecule has 0 spiro atoms. The number of rotatable bonds is 3. The summed E-state index contributed by atoms with van der Waals surface area (Å²) in [5.74, 6) is -0.634. The van der Waals surface area contributed by atoms with E-state index in [1.54, 1.807) is 45.0 Å². The van der Waals surface area contributed by atoms with Crippen molar-refractivity contribution in [1.82, 2.24) is 4.57 Å². The van der Waals surface area contributed by atoms with Crippen LogP contribution in [-0.4, -0.2) is 29.3 Å². The number of nitrogens with two attached hydrogens (primary N) is 1. The SMILES string of the molecule is COC(=O)c1c(-c2ccccc2)cc(-c2cccc(N)c2)n1C(=O)OC(C)(C)C. The van der Waals surface area contributed by atoms with Gasteiger partial charge in [-0.3, -0.25) is 0 Å². The molecular formula is C23H24N2O4. The summed E-state index contributed by atoms with van der Waals surface area (Å²) in [5, 5.41) is 0. The summed E-state index contributed by atoms with van der Waals surface area (Å²) < 4.78 is 11.8. The average molecular weight is 392 g/mol. The van der Waals surface area contributed by atoms with Gasteiger partial charge >= 0.3 is 12.1 Å². The number of methoxy groups -OCH3 is 1. The summed E-state index contributed by atoms with van der Waals surface area (Å²) in [4.78, 5) is 25.9. The van der Waals surface area contributed by atoms with Gasteiger partial charge in [-0.25, -0.2) is 14.2 Å². The van der Waals surface area contributed by atoms with E-state index in [-0.39, 0.29) is 5.69 Å². The van der Waals surface area contributed by atoms with Gasteiger partial charge in [0.05, 0.1) is 12.8 Å². The second kappa shape index (κ2) is 7.83. The topological polar surface area (TPSA) is 83.5 Å². The molecule has 3 rings (SSSR count). The van der Waals surface area contributed by atoms with Gasteiger partial charge in [-0.15, -0.1) is 0 Å². The molecule has 2 N–H and O–H groups in total. The maximum Gasteiger partial charge on any atom is 0.419 e. The Morgan fingerprint density at radius 2 is 1.59 bits per heavy atom. The molecule has 0 aliphatic rings. The number of carbonyl (C=O) groups excluding carboxylic acids is 2. The molecule has 0 aliphatic carbocycles. The number of carbonyl (C=O) groups is 2. The molecule has 0 saturated carbocycles. The second-order valence-corrected chi connectivity index (χ2v) is 7.59. The number of nitrogen functional groups attached to an aromatic ring is 1. The third-order valence-electron chi connectivity index (χ3n) is 4.22. The molecule has 6 heteroatoms. The molecule has 6 nitrogen and oxygen atoms in total. The largest absolute Gasteiger partial charge is 0.464 e. The Kier molecular flexibility index (Phi) is 5.46. The molecule has 0 bridgehead atoms. The number of nitrogens with zero attached hydrogens (tertiary/aromatic N) is 1. The van der Waals surface area contributed by atoms with Crippen LogP contribution in [0.5, 0.6) is 0 Å². The van der Waals surface area contributed by atoms with Gasteiger partial charge in [-0.05, 0) is 44.5 Å². The van der Waals surface area contributed by atoms with E-state index < -0.39 is 17.7 Å². The third kappa shape index (κ3) is 4.32. The molecule has 0 amide bonds. The van der Waals surface area contributed by atoms with Crippen LogP contribution in [0.25, 0.3) is 22.4 Å². The second-order valence-electron chi connectivity index (χ2n) is 7.59. The number of anilines is 1. The minimum atomic E-state index is -0.741. The summed E-state index contributed by atoms with van der Waals surface area (Å²) in [6, 6.07) is 18.2. The Labute approximate surface area is 169 Å². The highest BCUT2D eigenvalue weighted by atomic mass is 16.6. The molecule has 29 heavy (non-hydrogen) atoms. The molecule has 0 fully saturated rings. The van der Waals surface area contributed by atoms with Crippen molar-refractivity contribution in [2.75, 3.05) is 12.8 Å². The predicted octanol–water partition coefficient (Wildman–Crippen LogP) is 4.97. The van der Waals surface area contributed by atoms with Crippen molar-refractivity contribution in [1.29, 1.82) is 0 Å². The number of hydrogen-bond donors (Lipinski definition) is 1.